The van der Waals surface area contributed by atoms with Gasteiger partial charge in [-0.3, -0.25) is 4.90 Å². The van der Waals surface area contributed by atoms with Gasteiger partial charge in [0.15, 0.2) is 0 Å². The van der Waals surface area contributed by atoms with E-state index in [1.54, 1.807) is 12.1 Å². The SMILES string of the molecule is CC(C)N(CCC1CCCN1C)Cc1ccc(F)cc1. The van der Waals surface area contributed by atoms with Gasteiger partial charge in [0.2, 0.25) is 0 Å². The lowest BCUT2D eigenvalue weighted by Gasteiger charge is -2.29. The molecule has 0 radical (unpaired) electrons. The Kier molecular flexibility index (Phi) is 5.55. The highest BCUT2D eigenvalue weighted by molar-refractivity contribution is 5.15. The van der Waals surface area contributed by atoms with Crippen molar-refractivity contribution in [3.05, 3.63) is 35.6 Å². The van der Waals surface area contributed by atoms with Crippen molar-refractivity contribution in [2.24, 2.45) is 0 Å². The molecule has 1 aliphatic heterocycles. The molecule has 0 aliphatic carbocycles. The molecule has 0 N–H and O–H groups in total. The first-order valence-electron chi connectivity index (χ1n) is 7.75. The molecule has 1 saturated heterocycles. The number of hydrogen-bond donors (Lipinski definition) is 0. The van der Waals surface area contributed by atoms with Crippen molar-refractivity contribution in [3.8, 4) is 0 Å². The molecule has 0 saturated carbocycles. The summed E-state index contributed by atoms with van der Waals surface area (Å²) in [5.74, 6) is -0.155. The number of nitrogens with zero attached hydrogens (tertiary/aromatic N) is 2. The van der Waals surface area contributed by atoms with Gasteiger partial charge in [0.1, 0.15) is 5.82 Å². The van der Waals surface area contributed by atoms with Gasteiger partial charge in [-0.15, -0.1) is 0 Å². The fourth-order valence-corrected chi connectivity index (χ4v) is 3.00. The number of rotatable bonds is 6. The monoisotopic (exact) mass is 278 g/mol. The maximum Gasteiger partial charge on any atom is 0.123 e. The summed E-state index contributed by atoms with van der Waals surface area (Å²) in [7, 11) is 2.23. The number of likely N-dealkylation sites (tertiary alicyclic amines) is 1. The summed E-state index contributed by atoms with van der Waals surface area (Å²) in [6, 6.07) is 8.16. The zero-order valence-electron chi connectivity index (χ0n) is 13.0. The molecule has 3 heteroatoms. The van der Waals surface area contributed by atoms with Gasteiger partial charge < -0.3 is 4.90 Å². The summed E-state index contributed by atoms with van der Waals surface area (Å²) in [5.41, 5.74) is 1.19. The summed E-state index contributed by atoms with van der Waals surface area (Å²) in [5, 5.41) is 0. The topological polar surface area (TPSA) is 6.48 Å². The van der Waals surface area contributed by atoms with Crippen LogP contribution < -0.4 is 0 Å². The van der Waals surface area contributed by atoms with Crippen LogP contribution in [0, 0.1) is 5.82 Å². The van der Waals surface area contributed by atoms with E-state index in [9.17, 15) is 4.39 Å². The van der Waals surface area contributed by atoms with Crippen LogP contribution in [-0.4, -0.2) is 42.0 Å². The van der Waals surface area contributed by atoms with Crippen molar-refractivity contribution >= 4 is 0 Å². The minimum Gasteiger partial charge on any atom is -0.303 e. The van der Waals surface area contributed by atoms with E-state index in [0.717, 1.165) is 19.1 Å². The predicted molar refractivity (Wildman–Crippen MR) is 82.2 cm³/mol. The molecule has 1 aromatic carbocycles. The molecule has 1 fully saturated rings. The molecule has 0 aromatic heterocycles. The van der Waals surface area contributed by atoms with E-state index in [0.29, 0.717) is 6.04 Å². The Morgan fingerprint density at radius 1 is 1.30 bits per heavy atom. The Balaban J connectivity index is 1.88. The molecule has 1 heterocycles. The van der Waals surface area contributed by atoms with Gasteiger partial charge in [0.25, 0.3) is 0 Å². The van der Waals surface area contributed by atoms with Gasteiger partial charge in [-0.1, -0.05) is 12.1 Å². The fraction of sp³-hybridized carbons (Fsp3) is 0.647. The van der Waals surface area contributed by atoms with Gasteiger partial charge in [-0.2, -0.15) is 0 Å². The molecule has 1 unspecified atom stereocenters. The van der Waals surface area contributed by atoms with Gasteiger partial charge in [-0.05, 0) is 64.4 Å². The number of hydrogen-bond acceptors (Lipinski definition) is 2. The minimum absolute atomic E-state index is 0.155. The van der Waals surface area contributed by atoms with Gasteiger partial charge in [0.05, 0.1) is 0 Å². The van der Waals surface area contributed by atoms with Crippen LogP contribution in [0.15, 0.2) is 24.3 Å². The summed E-state index contributed by atoms with van der Waals surface area (Å²) < 4.78 is 13.0. The van der Waals surface area contributed by atoms with E-state index >= 15 is 0 Å². The molecule has 112 valence electrons. The summed E-state index contributed by atoms with van der Waals surface area (Å²) in [6.45, 7) is 7.74. The van der Waals surface area contributed by atoms with Crippen LogP contribution in [0.1, 0.15) is 38.7 Å². The maximum atomic E-state index is 13.0. The van der Waals surface area contributed by atoms with E-state index in [1.165, 1.54) is 31.4 Å². The average molecular weight is 278 g/mol. The number of halogens is 1. The van der Waals surface area contributed by atoms with Crippen molar-refractivity contribution in [1.82, 2.24) is 9.80 Å². The molecule has 20 heavy (non-hydrogen) atoms. The van der Waals surface area contributed by atoms with Crippen molar-refractivity contribution < 1.29 is 4.39 Å². The van der Waals surface area contributed by atoms with Gasteiger partial charge in [-0.25, -0.2) is 4.39 Å². The van der Waals surface area contributed by atoms with Crippen LogP contribution in [0.2, 0.25) is 0 Å². The third kappa shape index (κ3) is 4.29. The highest BCUT2D eigenvalue weighted by atomic mass is 19.1. The van der Waals surface area contributed by atoms with E-state index < -0.39 is 0 Å². The Bertz CT molecular complexity index is 402. The highest BCUT2D eigenvalue weighted by Gasteiger charge is 2.22. The summed E-state index contributed by atoms with van der Waals surface area (Å²) in [4.78, 5) is 4.97. The van der Waals surface area contributed by atoms with E-state index in [2.05, 4.69) is 30.7 Å². The molecular formula is C17H27FN2. The quantitative estimate of drug-likeness (QED) is 0.785. The third-order valence-corrected chi connectivity index (χ3v) is 4.45. The first kappa shape index (κ1) is 15.5. The van der Waals surface area contributed by atoms with Crippen LogP contribution in [0.3, 0.4) is 0 Å². The molecule has 1 aromatic rings. The van der Waals surface area contributed by atoms with E-state index in [1.807, 2.05) is 12.1 Å². The van der Waals surface area contributed by atoms with Crippen molar-refractivity contribution in [1.29, 1.82) is 0 Å². The smallest absolute Gasteiger partial charge is 0.123 e. The second-order valence-electron chi connectivity index (χ2n) is 6.26. The second kappa shape index (κ2) is 7.19. The Morgan fingerprint density at radius 3 is 2.55 bits per heavy atom. The van der Waals surface area contributed by atoms with Crippen molar-refractivity contribution in [2.75, 3.05) is 20.1 Å². The number of benzene rings is 1. The molecular weight excluding hydrogens is 251 g/mol. The normalized spacial score (nSPS) is 20.2. The van der Waals surface area contributed by atoms with Crippen LogP contribution >= 0.6 is 0 Å². The lowest BCUT2D eigenvalue weighted by atomic mass is 10.1. The predicted octanol–water partition coefficient (Wildman–Crippen LogP) is 3.52. The Hall–Kier alpha value is -0.930. The standard InChI is InChI=1S/C17H27FN2/c1-14(2)20(12-10-17-5-4-11-19(17)3)13-15-6-8-16(18)9-7-15/h6-9,14,17H,4-5,10-13H2,1-3H3. The lowest BCUT2D eigenvalue weighted by molar-refractivity contribution is 0.183. The zero-order chi connectivity index (χ0) is 14.5. The first-order chi connectivity index (χ1) is 9.56. The van der Waals surface area contributed by atoms with Crippen molar-refractivity contribution in [2.45, 2.75) is 51.7 Å². The molecule has 0 amide bonds. The Labute approximate surface area is 122 Å². The molecule has 1 atom stereocenters. The molecule has 2 nitrogen and oxygen atoms in total. The van der Waals surface area contributed by atoms with E-state index in [4.69, 9.17) is 0 Å². The van der Waals surface area contributed by atoms with Gasteiger partial charge in [0, 0.05) is 25.2 Å². The lowest BCUT2D eigenvalue weighted by Crippen LogP contribution is -2.35. The second-order valence-corrected chi connectivity index (χ2v) is 6.26. The zero-order valence-corrected chi connectivity index (χ0v) is 13.0. The fourth-order valence-electron chi connectivity index (χ4n) is 3.00. The van der Waals surface area contributed by atoms with Gasteiger partial charge >= 0.3 is 0 Å². The Morgan fingerprint density at radius 2 is 2.00 bits per heavy atom. The molecule has 2 rings (SSSR count). The summed E-state index contributed by atoms with van der Waals surface area (Å²) in [6.07, 6.45) is 3.90. The van der Waals surface area contributed by atoms with Crippen LogP contribution in [0.4, 0.5) is 4.39 Å². The molecule has 1 aliphatic rings. The molecule has 0 spiro atoms. The first-order valence-corrected chi connectivity index (χ1v) is 7.75. The molecule has 0 bridgehead atoms. The van der Waals surface area contributed by atoms with Crippen LogP contribution in [0.25, 0.3) is 0 Å². The highest BCUT2D eigenvalue weighted by Crippen LogP contribution is 2.19. The third-order valence-electron chi connectivity index (χ3n) is 4.45. The van der Waals surface area contributed by atoms with Crippen molar-refractivity contribution in [3.63, 3.8) is 0 Å². The summed E-state index contributed by atoms with van der Waals surface area (Å²) >= 11 is 0. The van der Waals surface area contributed by atoms with Crippen LogP contribution in [-0.2, 0) is 6.54 Å². The minimum atomic E-state index is -0.155. The maximum absolute atomic E-state index is 13.0. The van der Waals surface area contributed by atoms with E-state index in [-0.39, 0.29) is 5.82 Å². The largest absolute Gasteiger partial charge is 0.303 e. The average Bonchev–Trinajstić information content (AvgIpc) is 2.82. The van der Waals surface area contributed by atoms with Crippen LogP contribution in [0.5, 0.6) is 0 Å².